The molecule has 0 saturated heterocycles. The molecule has 1 amide bonds. The molecule has 7 nitrogen and oxygen atoms in total. The Bertz CT molecular complexity index is 1140. The van der Waals surface area contributed by atoms with Crippen LogP contribution in [0, 0.1) is 0 Å². The van der Waals surface area contributed by atoms with Crippen LogP contribution in [0.4, 0.5) is 0 Å². The molecule has 2 heterocycles. The Labute approximate surface area is 174 Å². The minimum Gasteiger partial charge on any atom is -0.507 e. The van der Waals surface area contributed by atoms with E-state index in [2.05, 4.69) is 60.4 Å². The van der Waals surface area contributed by atoms with Gasteiger partial charge >= 0.3 is 0 Å². The number of aromatic nitrogens is 3. The van der Waals surface area contributed by atoms with E-state index >= 15 is 0 Å². The van der Waals surface area contributed by atoms with Crippen molar-refractivity contribution in [2.45, 2.75) is 51.5 Å². The fourth-order valence-electron chi connectivity index (χ4n) is 3.91. The third kappa shape index (κ3) is 3.75. The van der Waals surface area contributed by atoms with Crippen LogP contribution < -0.4 is 10.9 Å². The highest BCUT2D eigenvalue weighted by Gasteiger charge is 2.27. The standard InChI is InChI=1S/C23H26N4O3/c1-23(2,3)14-7-9-15(10-8-14)27-19-6-4-5-18(16(19)13-25-27)26-22(30)17-12-24-21(29)11-20(17)28/h7-13,18H,4-6H2,1-3H3,(H,26,30)(H2,24,28,29)/t18-/m0/s1. The number of fused-ring (bicyclic) bond motifs is 1. The van der Waals surface area contributed by atoms with Gasteiger partial charge in [0, 0.05) is 23.5 Å². The summed E-state index contributed by atoms with van der Waals surface area (Å²) in [5.74, 6) is -0.759. The number of aromatic hydroxyl groups is 1. The minimum absolute atomic E-state index is 0.0480. The lowest BCUT2D eigenvalue weighted by atomic mass is 9.87. The van der Waals surface area contributed by atoms with E-state index in [-0.39, 0.29) is 22.8 Å². The number of nitrogens with one attached hydrogen (secondary N) is 2. The zero-order valence-corrected chi connectivity index (χ0v) is 17.4. The van der Waals surface area contributed by atoms with E-state index < -0.39 is 11.5 Å². The number of carbonyl (C=O) groups excluding carboxylic acids is 1. The maximum atomic E-state index is 12.6. The highest BCUT2D eigenvalue weighted by atomic mass is 16.3. The van der Waals surface area contributed by atoms with E-state index in [1.54, 1.807) is 0 Å². The summed E-state index contributed by atoms with van der Waals surface area (Å²) >= 11 is 0. The zero-order chi connectivity index (χ0) is 21.5. The summed E-state index contributed by atoms with van der Waals surface area (Å²) in [4.78, 5) is 26.3. The Morgan fingerprint density at radius 3 is 2.67 bits per heavy atom. The number of rotatable bonds is 3. The Kier molecular flexibility index (Phi) is 4.97. The van der Waals surface area contributed by atoms with Crippen molar-refractivity contribution in [1.82, 2.24) is 20.1 Å². The fraction of sp³-hybridized carbons (Fsp3) is 0.348. The molecule has 0 spiro atoms. The van der Waals surface area contributed by atoms with Gasteiger partial charge in [0.25, 0.3) is 11.5 Å². The Hall–Kier alpha value is -3.35. The lowest BCUT2D eigenvalue weighted by Gasteiger charge is -2.24. The summed E-state index contributed by atoms with van der Waals surface area (Å²) in [6, 6.07) is 9.22. The molecular weight excluding hydrogens is 380 g/mol. The van der Waals surface area contributed by atoms with Crippen LogP contribution in [0.3, 0.4) is 0 Å². The topological polar surface area (TPSA) is 100 Å². The number of pyridine rings is 1. The van der Waals surface area contributed by atoms with Crippen molar-refractivity contribution in [1.29, 1.82) is 0 Å². The van der Waals surface area contributed by atoms with Crippen LogP contribution in [0.5, 0.6) is 5.75 Å². The summed E-state index contributed by atoms with van der Waals surface area (Å²) in [6.45, 7) is 6.56. The second-order valence-electron chi connectivity index (χ2n) is 8.77. The van der Waals surface area contributed by atoms with Crippen LogP contribution >= 0.6 is 0 Å². The van der Waals surface area contributed by atoms with Crippen LogP contribution in [0.1, 0.15) is 66.8 Å². The number of amides is 1. The van der Waals surface area contributed by atoms with Crippen LogP contribution in [0.2, 0.25) is 0 Å². The average molecular weight is 406 g/mol. The van der Waals surface area contributed by atoms with Gasteiger partial charge in [0.2, 0.25) is 0 Å². The van der Waals surface area contributed by atoms with E-state index in [1.807, 2.05) is 10.9 Å². The summed E-state index contributed by atoms with van der Waals surface area (Å²) in [6.07, 6.45) is 5.63. The molecule has 1 aliphatic rings. The van der Waals surface area contributed by atoms with E-state index in [1.165, 1.54) is 11.8 Å². The number of H-pyrrole nitrogens is 1. The number of hydrogen-bond donors (Lipinski definition) is 3. The van der Waals surface area contributed by atoms with Crippen LogP contribution in [0.15, 0.2) is 47.5 Å². The van der Waals surface area contributed by atoms with E-state index in [0.29, 0.717) is 0 Å². The summed E-state index contributed by atoms with van der Waals surface area (Å²) in [7, 11) is 0. The first-order chi connectivity index (χ1) is 14.2. The van der Waals surface area contributed by atoms with Crippen molar-refractivity contribution in [2.75, 3.05) is 0 Å². The van der Waals surface area contributed by atoms with Crippen molar-refractivity contribution in [2.24, 2.45) is 0 Å². The molecule has 1 atom stereocenters. The first kappa shape index (κ1) is 19.9. The van der Waals surface area contributed by atoms with Gasteiger partial charge in [-0.1, -0.05) is 32.9 Å². The SMILES string of the molecule is CC(C)(C)c1ccc(-n2ncc3c2CCC[C@@H]3NC(=O)c2c[nH]c(=O)cc2O)cc1. The van der Waals surface area contributed by atoms with Gasteiger partial charge in [-0.15, -0.1) is 0 Å². The van der Waals surface area contributed by atoms with Gasteiger partial charge in [0.1, 0.15) is 5.75 Å². The van der Waals surface area contributed by atoms with E-state index in [0.717, 1.165) is 42.3 Å². The molecule has 0 saturated carbocycles. The summed E-state index contributed by atoms with van der Waals surface area (Å²) in [5, 5.41) is 17.5. The van der Waals surface area contributed by atoms with Gasteiger partial charge in [-0.2, -0.15) is 5.10 Å². The molecule has 0 bridgehead atoms. The molecule has 0 aliphatic heterocycles. The van der Waals surface area contributed by atoms with Gasteiger partial charge in [-0.05, 0) is 42.4 Å². The minimum atomic E-state index is -0.456. The quantitative estimate of drug-likeness (QED) is 0.621. The van der Waals surface area contributed by atoms with Crippen molar-refractivity contribution in [3.8, 4) is 11.4 Å². The molecule has 0 radical (unpaired) electrons. The average Bonchev–Trinajstić information content (AvgIpc) is 3.12. The van der Waals surface area contributed by atoms with E-state index in [4.69, 9.17) is 0 Å². The van der Waals surface area contributed by atoms with Gasteiger partial charge in [0.05, 0.1) is 23.5 Å². The second kappa shape index (κ2) is 7.48. The molecular formula is C23H26N4O3. The number of nitrogens with zero attached hydrogens (tertiary/aromatic N) is 2. The molecule has 156 valence electrons. The number of benzene rings is 1. The van der Waals surface area contributed by atoms with Crippen LogP contribution in [0.25, 0.3) is 5.69 Å². The molecule has 30 heavy (non-hydrogen) atoms. The molecule has 3 N–H and O–H groups in total. The normalized spacial score (nSPS) is 16.2. The van der Waals surface area contributed by atoms with Crippen LogP contribution in [-0.2, 0) is 11.8 Å². The zero-order valence-electron chi connectivity index (χ0n) is 17.4. The second-order valence-corrected chi connectivity index (χ2v) is 8.77. The first-order valence-corrected chi connectivity index (χ1v) is 10.1. The molecule has 0 fully saturated rings. The lowest BCUT2D eigenvalue weighted by molar-refractivity contribution is 0.0929. The van der Waals surface area contributed by atoms with E-state index in [9.17, 15) is 14.7 Å². The van der Waals surface area contributed by atoms with Gasteiger partial charge < -0.3 is 15.4 Å². The third-order valence-corrected chi connectivity index (χ3v) is 5.61. The Morgan fingerprint density at radius 2 is 2.00 bits per heavy atom. The molecule has 2 aromatic heterocycles. The fourth-order valence-corrected chi connectivity index (χ4v) is 3.91. The summed E-state index contributed by atoms with van der Waals surface area (Å²) in [5.41, 5.74) is 4.01. The van der Waals surface area contributed by atoms with Crippen molar-refractivity contribution in [3.63, 3.8) is 0 Å². The summed E-state index contributed by atoms with van der Waals surface area (Å²) < 4.78 is 1.94. The lowest BCUT2D eigenvalue weighted by Crippen LogP contribution is -2.31. The first-order valence-electron chi connectivity index (χ1n) is 10.1. The van der Waals surface area contributed by atoms with Gasteiger partial charge in [0.15, 0.2) is 0 Å². The number of aromatic amines is 1. The number of carbonyl (C=O) groups is 1. The predicted octanol–water partition coefficient (Wildman–Crippen LogP) is 3.37. The van der Waals surface area contributed by atoms with Crippen molar-refractivity contribution in [3.05, 3.63) is 75.5 Å². The van der Waals surface area contributed by atoms with Gasteiger partial charge in [-0.3, -0.25) is 9.59 Å². The molecule has 1 aromatic carbocycles. The molecule has 4 rings (SSSR count). The number of hydrogen-bond acceptors (Lipinski definition) is 4. The maximum absolute atomic E-state index is 12.6. The molecule has 7 heteroatoms. The van der Waals surface area contributed by atoms with Crippen molar-refractivity contribution >= 4 is 5.91 Å². The smallest absolute Gasteiger partial charge is 0.257 e. The molecule has 3 aromatic rings. The third-order valence-electron chi connectivity index (χ3n) is 5.61. The monoisotopic (exact) mass is 406 g/mol. The maximum Gasteiger partial charge on any atom is 0.257 e. The Morgan fingerprint density at radius 1 is 1.27 bits per heavy atom. The Balaban J connectivity index is 1.59. The molecule has 1 aliphatic carbocycles. The highest BCUT2D eigenvalue weighted by molar-refractivity contribution is 5.96. The largest absolute Gasteiger partial charge is 0.507 e. The molecule has 0 unspecified atom stereocenters. The predicted molar refractivity (Wildman–Crippen MR) is 114 cm³/mol. The van der Waals surface area contributed by atoms with Crippen molar-refractivity contribution < 1.29 is 9.90 Å². The van der Waals surface area contributed by atoms with Crippen LogP contribution in [-0.4, -0.2) is 25.8 Å². The highest BCUT2D eigenvalue weighted by Crippen LogP contribution is 2.32. The van der Waals surface area contributed by atoms with Gasteiger partial charge in [-0.25, -0.2) is 4.68 Å².